The standard InChI is InChI=1S/C17H16N4/c1-12-5-2-3-8-15(12)20-16-9-10-19-17(21-16)13-6-4-7-14(18)11-13/h2-11H,18H2,1H3,(H,19,20,21). The van der Waals surface area contributed by atoms with Crippen molar-refractivity contribution in [2.45, 2.75) is 6.92 Å². The third-order valence-electron chi connectivity index (χ3n) is 3.21. The van der Waals surface area contributed by atoms with Crippen molar-refractivity contribution < 1.29 is 0 Å². The summed E-state index contributed by atoms with van der Waals surface area (Å²) in [4.78, 5) is 8.85. The molecule has 3 rings (SSSR count). The first-order valence-electron chi connectivity index (χ1n) is 6.74. The Morgan fingerprint density at radius 2 is 1.86 bits per heavy atom. The van der Waals surface area contributed by atoms with Crippen LogP contribution < -0.4 is 11.1 Å². The molecule has 0 atom stereocenters. The highest BCUT2D eigenvalue weighted by atomic mass is 15.0. The largest absolute Gasteiger partial charge is 0.399 e. The number of aromatic nitrogens is 2. The lowest BCUT2D eigenvalue weighted by Crippen LogP contribution is -1.98. The molecule has 0 aliphatic carbocycles. The number of para-hydroxylation sites is 1. The van der Waals surface area contributed by atoms with Crippen LogP contribution in [-0.2, 0) is 0 Å². The van der Waals surface area contributed by atoms with E-state index in [0.29, 0.717) is 11.5 Å². The topological polar surface area (TPSA) is 63.8 Å². The van der Waals surface area contributed by atoms with E-state index >= 15 is 0 Å². The van der Waals surface area contributed by atoms with Crippen LogP contribution in [0.5, 0.6) is 0 Å². The Bertz CT molecular complexity index is 768. The Balaban J connectivity index is 1.92. The summed E-state index contributed by atoms with van der Waals surface area (Å²) < 4.78 is 0. The van der Waals surface area contributed by atoms with E-state index in [1.54, 1.807) is 6.20 Å². The van der Waals surface area contributed by atoms with Gasteiger partial charge in [-0.05, 0) is 36.8 Å². The van der Waals surface area contributed by atoms with E-state index in [-0.39, 0.29) is 0 Å². The number of rotatable bonds is 3. The normalized spacial score (nSPS) is 10.3. The number of aryl methyl sites for hydroxylation is 1. The van der Waals surface area contributed by atoms with Gasteiger partial charge in [0.1, 0.15) is 5.82 Å². The van der Waals surface area contributed by atoms with E-state index in [2.05, 4.69) is 28.3 Å². The molecule has 104 valence electrons. The highest BCUT2D eigenvalue weighted by Gasteiger charge is 2.04. The maximum atomic E-state index is 5.81. The molecule has 4 nitrogen and oxygen atoms in total. The zero-order valence-electron chi connectivity index (χ0n) is 11.7. The van der Waals surface area contributed by atoms with Crippen LogP contribution in [0.15, 0.2) is 60.8 Å². The summed E-state index contributed by atoms with van der Waals surface area (Å²) in [6.07, 6.45) is 1.74. The van der Waals surface area contributed by atoms with Gasteiger partial charge in [-0.3, -0.25) is 0 Å². The van der Waals surface area contributed by atoms with E-state index in [0.717, 1.165) is 17.1 Å². The second kappa shape index (κ2) is 5.63. The van der Waals surface area contributed by atoms with Crippen LogP contribution in [0.1, 0.15) is 5.56 Å². The van der Waals surface area contributed by atoms with E-state index in [4.69, 9.17) is 5.73 Å². The smallest absolute Gasteiger partial charge is 0.161 e. The summed E-state index contributed by atoms with van der Waals surface area (Å²) in [5.41, 5.74) is 9.62. The molecular weight excluding hydrogens is 260 g/mol. The lowest BCUT2D eigenvalue weighted by Gasteiger charge is -2.09. The maximum absolute atomic E-state index is 5.81. The molecule has 0 aliphatic heterocycles. The van der Waals surface area contributed by atoms with Crippen molar-refractivity contribution in [3.05, 3.63) is 66.4 Å². The van der Waals surface area contributed by atoms with Crippen molar-refractivity contribution in [2.24, 2.45) is 0 Å². The van der Waals surface area contributed by atoms with Crippen molar-refractivity contribution >= 4 is 17.2 Å². The minimum atomic E-state index is 0.654. The first-order valence-corrected chi connectivity index (χ1v) is 6.74. The molecule has 3 aromatic rings. The Morgan fingerprint density at radius 3 is 2.67 bits per heavy atom. The van der Waals surface area contributed by atoms with E-state index in [9.17, 15) is 0 Å². The second-order valence-corrected chi connectivity index (χ2v) is 4.83. The van der Waals surface area contributed by atoms with Gasteiger partial charge in [-0.15, -0.1) is 0 Å². The quantitative estimate of drug-likeness (QED) is 0.715. The first kappa shape index (κ1) is 13.1. The van der Waals surface area contributed by atoms with Crippen LogP contribution in [0.25, 0.3) is 11.4 Å². The number of nitrogens with one attached hydrogen (secondary N) is 1. The number of anilines is 3. The number of nitrogens with zero attached hydrogens (tertiary/aromatic N) is 2. The second-order valence-electron chi connectivity index (χ2n) is 4.83. The lowest BCUT2D eigenvalue weighted by atomic mass is 10.2. The Labute approximate surface area is 123 Å². The Hall–Kier alpha value is -2.88. The van der Waals surface area contributed by atoms with Crippen molar-refractivity contribution in [1.29, 1.82) is 0 Å². The van der Waals surface area contributed by atoms with E-state index < -0.39 is 0 Å². The molecule has 0 radical (unpaired) electrons. The Morgan fingerprint density at radius 1 is 1.00 bits per heavy atom. The van der Waals surface area contributed by atoms with Crippen LogP contribution in [-0.4, -0.2) is 9.97 Å². The van der Waals surface area contributed by atoms with Gasteiger partial charge in [0.15, 0.2) is 5.82 Å². The predicted molar refractivity (Wildman–Crippen MR) is 86.3 cm³/mol. The summed E-state index contributed by atoms with van der Waals surface area (Å²) in [6.45, 7) is 2.06. The van der Waals surface area contributed by atoms with Gasteiger partial charge < -0.3 is 11.1 Å². The zero-order chi connectivity index (χ0) is 14.7. The van der Waals surface area contributed by atoms with Crippen LogP contribution in [0, 0.1) is 6.92 Å². The summed E-state index contributed by atoms with van der Waals surface area (Å²) >= 11 is 0. The molecule has 4 heteroatoms. The van der Waals surface area contributed by atoms with Gasteiger partial charge >= 0.3 is 0 Å². The average molecular weight is 276 g/mol. The van der Waals surface area contributed by atoms with Gasteiger partial charge in [-0.2, -0.15) is 0 Å². The number of hydrogen-bond donors (Lipinski definition) is 2. The van der Waals surface area contributed by atoms with Crippen LogP contribution >= 0.6 is 0 Å². The fraction of sp³-hybridized carbons (Fsp3) is 0.0588. The molecule has 0 fully saturated rings. The third kappa shape index (κ3) is 3.00. The predicted octanol–water partition coefficient (Wildman–Crippen LogP) is 3.78. The van der Waals surface area contributed by atoms with Gasteiger partial charge in [0, 0.05) is 23.1 Å². The number of hydrogen-bond acceptors (Lipinski definition) is 4. The molecule has 3 N–H and O–H groups in total. The molecule has 0 bridgehead atoms. The van der Waals surface area contributed by atoms with Gasteiger partial charge in [0.05, 0.1) is 0 Å². The third-order valence-corrected chi connectivity index (χ3v) is 3.21. The molecule has 0 aliphatic rings. The minimum Gasteiger partial charge on any atom is -0.399 e. The number of benzene rings is 2. The first-order chi connectivity index (χ1) is 10.2. The fourth-order valence-corrected chi connectivity index (χ4v) is 2.10. The van der Waals surface area contributed by atoms with Crippen LogP contribution in [0.4, 0.5) is 17.2 Å². The number of nitrogen functional groups attached to an aromatic ring is 1. The summed E-state index contributed by atoms with van der Waals surface area (Å²) in [6, 6.07) is 17.5. The molecule has 21 heavy (non-hydrogen) atoms. The molecular formula is C17H16N4. The Kier molecular flexibility index (Phi) is 3.51. The van der Waals surface area contributed by atoms with Crippen molar-refractivity contribution in [3.8, 4) is 11.4 Å². The average Bonchev–Trinajstić information content (AvgIpc) is 2.50. The zero-order valence-corrected chi connectivity index (χ0v) is 11.7. The number of nitrogens with two attached hydrogens (primary N) is 1. The van der Waals surface area contributed by atoms with Gasteiger partial charge in [-0.1, -0.05) is 30.3 Å². The molecule has 0 spiro atoms. The fourth-order valence-electron chi connectivity index (χ4n) is 2.10. The van der Waals surface area contributed by atoms with E-state index in [1.807, 2.05) is 48.5 Å². The van der Waals surface area contributed by atoms with Crippen LogP contribution in [0.3, 0.4) is 0 Å². The lowest BCUT2D eigenvalue weighted by molar-refractivity contribution is 1.17. The van der Waals surface area contributed by atoms with Gasteiger partial charge in [-0.25, -0.2) is 9.97 Å². The molecule has 1 heterocycles. The highest BCUT2D eigenvalue weighted by Crippen LogP contribution is 2.22. The summed E-state index contributed by atoms with van der Waals surface area (Å²) in [7, 11) is 0. The monoisotopic (exact) mass is 276 g/mol. The maximum Gasteiger partial charge on any atom is 0.161 e. The van der Waals surface area contributed by atoms with Crippen molar-refractivity contribution in [2.75, 3.05) is 11.1 Å². The molecule has 2 aromatic carbocycles. The molecule has 0 unspecified atom stereocenters. The van der Waals surface area contributed by atoms with Crippen molar-refractivity contribution in [3.63, 3.8) is 0 Å². The molecule has 0 amide bonds. The van der Waals surface area contributed by atoms with E-state index in [1.165, 1.54) is 5.56 Å². The molecule has 0 saturated heterocycles. The van der Waals surface area contributed by atoms with Gasteiger partial charge in [0.25, 0.3) is 0 Å². The highest BCUT2D eigenvalue weighted by molar-refractivity contribution is 5.65. The molecule has 0 saturated carbocycles. The van der Waals surface area contributed by atoms with Gasteiger partial charge in [0.2, 0.25) is 0 Å². The SMILES string of the molecule is Cc1ccccc1Nc1ccnc(-c2cccc(N)c2)n1. The summed E-state index contributed by atoms with van der Waals surface area (Å²) in [5, 5.41) is 3.31. The van der Waals surface area contributed by atoms with Crippen LogP contribution in [0.2, 0.25) is 0 Å². The molecule has 1 aromatic heterocycles. The minimum absolute atomic E-state index is 0.654. The van der Waals surface area contributed by atoms with Crippen molar-refractivity contribution in [1.82, 2.24) is 9.97 Å². The summed E-state index contributed by atoms with van der Waals surface area (Å²) in [5.74, 6) is 1.41.